The Hall–Kier alpha value is -2.36. The number of nitrogen functional groups attached to an aromatic ring is 1. The van der Waals surface area contributed by atoms with Crippen molar-refractivity contribution >= 4 is 17.1 Å². The summed E-state index contributed by atoms with van der Waals surface area (Å²) >= 11 is 0. The lowest BCUT2D eigenvalue weighted by atomic mass is 10.2. The van der Waals surface area contributed by atoms with Gasteiger partial charge < -0.3 is 20.5 Å². The van der Waals surface area contributed by atoms with Crippen LogP contribution in [0.5, 0.6) is 11.5 Å². The second kappa shape index (κ2) is 7.43. The van der Waals surface area contributed by atoms with E-state index in [1.165, 1.54) is 0 Å². The molecule has 0 saturated carbocycles. The van der Waals surface area contributed by atoms with Crippen LogP contribution in [0.4, 0.5) is 17.1 Å². The Morgan fingerprint density at radius 1 is 0.952 bits per heavy atom. The molecule has 112 valence electrons. The highest BCUT2D eigenvalue weighted by Crippen LogP contribution is 2.28. The van der Waals surface area contributed by atoms with Crippen molar-refractivity contribution in [3.05, 3.63) is 42.5 Å². The summed E-state index contributed by atoms with van der Waals surface area (Å²) in [5.74, 6) is 1.58. The largest absolute Gasteiger partial charge is 0.494 e. The topological polar surface area (TPSA) is 56.5 Å². The van der Waals surface area contributed by atoms with Crippen LogP contribution < -0.4 is 20.5 Å². The molecule has 3 N–H and O–H groups in total. The molecule has 0 bridgehead atoms. The van der Waals surface area contributed by atoms with Gasteiger partial charge in [-0.05, 0) is 49.7 Å². The van der Waals surface area contributed by atoms with Crippen molar-refractivity contribution in [3.8, 4) is 11.5 Å². The predicted octanol–water partition coefficient (Wildman–Crippen LogP) is 4.20. The fourth-order valence-corrected chi connectivity index (χ4v) is 1.91. The number of hydrogen-bond acceptors (Lipinski definition) is 4. The summed E-state index contributed by atoms with van der Waals surface area (Å²) in [6, 6.07) is 13.6. The number of rotatable bonds is 7. The van der Waals surface area contributed by atoms with Gasteiger partial charge in [-0.2, -0.15) is 0 Å². The summed E-state index contributed by atoms with van der Waals surface area (Å²) in [6.45, 7) is 5.36. The third-order valence-electron chi connectivity index (χ3n) is 2.93. The molecule has 21 heavy (non-hydrogen) atoms. The molecule has 0 aliphatic carbocycles. The van der Waals surface area contributed by atoms with E-state index in [1.807, 2.05) is 49.4 Å². The highest BCUT2D eigenvalue weighted by atomic mass is 16.5. The van der Waals surface area contributed by atoms with Crippen LogP contribution in [0.25, 0.3) is 0 Å². The molecular formula is C17H22N2O2. The van der Waals surface area contributed by atoms with Gasteiger partial charge in [-0.1, -0.05) is 6.92 Å². The molecule has 0 spiro atoms. The number of anilines is 3. The van der Waals surface area contributed by atoms with E-state index in [0.29, 0.717) is 18.0 Å². The lowest BCUT2D eigenvalue weighted by molar-refractivity contribution is 0.317. The highest BCUT2D eigenvalue weighted by Gasteiger charge is 2.02. The summed E-state index contributed by atoms with van der Waals surface area (Å²) in [4.78, 5) is 0. The number of benzene rings is 2. The zero-order valence-electron chi connectivity index (χ0n) is 12.6. The molecule has 2 aromatic rings. The van der Waals surface area contributed by atoms with Crippen molar-refractivity contribution in [2.45, 2.75) is 20.3 Å². The second-order valence-corrected chi connectivity index (χ2v) is 4.68. The van der Waals surface area contributed by atoms with Crippen molar-refractivity contribution < 1.29 is 9.47 Å². The Balaban J connectivity index is 2.05. The lowest BCUT2D eigenvalue weighted by Gasteiger charge is -2.11. The minimum Gasteiger partial charge on any atom is -0.494 e. The quantitative estimate of drug-likeness (QED) is 0.749. The van der Waals surface area contributed by atoms with Gasteiger partial charge in [0.2, 0.25) is 0 Å². The fraction of sp³-hybridized carbons (Fsp3) is 0.294. The van der Waals surface area contributed by atoms with Crippen molar-refractivity contribution in [3.63, 3.8) is 0 Å². The van der Waals surface area contributed by atoms with Gasteiger partial charge in [-0.15, -0.1) is 0 Å². The SMILES string of the molecule is CCCOc1ccc(Nc2ccc(N)c(OCC)c2)cc1. The Morgan fingerprint density at radius 2 is 1.67 bits per heavy atom. The van der Waals surface area contributed by atoms with Crippen LogP contribution in [0, 0.1) is 0 Å². The average Bonchev–Trinajstić information content (AvgIpc) is 2.50. The maximum atomic E-state index is 5.87. The fourth-order valence-electron chi connectivity index (χ4n) is 1.91. The van der Waals surface area contributed by atoms with Gasteiger partial charge in [0.15, 0.2) is 0 Å². The van der Waals surface area contributed by atoms with Crippen LogP contribution in [0.2, 0.25) is 0 Å². The van der Waals surface area contributed by atoms with Crippen LogP contribution in [0.15, 0.2) is 42.5 Å². The van der Waals surface area contributed by atoms with Crippen molar-refractivity contribution in [2.24, 2.45) is 0 Å². The third kappa shape index (κ3) is 4.31. The van der Waals surface area contributed by atoms with Gasteiger partial charge in [-0.25, -0.2) is 0 Å². The highest BCUT2D eigenvalue weighted by molar-refractivity contribution is 5.67. The van der Waals surface area contributed by atoms with Crippen molar-refractivity contribution in [2.75, 3.05) is 24.3 Å². The van der Waals surface area contributed by atoms with E-state index in [0.717, 1.165) is 30.2 Å². The maximum Gasteiger partial charge on any atom is 0.144 e. The Bertz CT molecular complexity index is 568. The predicted molar refractivity (Wildman–Crippen MR) is 87.5 cm³/mol. The molecule has 4 nitrogen and oxygen atoms in total. The first-order valence-electron chi connectivity index (χ1n) is 7.25. The van der Waals surface area contributed by atoms with E-state index >= 15 is 0 Å². The van der Waals surface area contributed by atoms with E-state index in [1.54, 1.807) is 0 Å². The molecule has 0 amide bonds. The first kappa shape index (κ1) is 15.0. The first-order chi connectivity index (χ1) is 10.2. The van der Waals surface area contributed by atoms with Gasteiger partial charge >= 0.3 is 0 Å². The molecule has 0 fully saturated rings. The Kier molecular flexibility index (Phi) is 5.32. The molecule has 0 unspecified atom stereocenters. The summed E-state index contributed by atoms with van der Waals surface area (Å²) in [5.41, 5.74) is 8.44. The standard InChI is InChI=1S/C17H22N2O2/c1-3-11-21-15-8-5-13(6-9-15)19-14-7-10-16(18)17(12-14)20-4-2/h5-10,12,19H,3-4,11,18H2,1-2H3. The maximum absolute atomic E-state index is 5.87. The molecule has 4 heteroatoms. The lowest BCUT2D eigenvalue weighted by Crippen LogP contribution is -1.98. The molecule has 2 rings (SSSR count). The number of ether oxygens (including phenoxy) is 2. The van der Waals surface area contributed by atoms with Gasteiger partial charge in [0.25, 0.3) is 0 Å². The molecule has 0 radical (unpaired) electrons. The van der Waals surface area contributed by atoms with E-state index in [9.17, 15) is 0 Å². The molecule has 0 atom stereocenters. The van der Waals surface area contributed by atoms with Gasteiger partial charge in [0.05, 0.1) is 18.9 Å². The van der Waals surface area contributed by atoms with Crippen molar-refractivity contribution in [1.29, 1.82) is 0 Å². The van der Waals surface area contributed by atoms with E-state index in [-0.39, 0.29) is 0 Å². The summed E-state index contributed by atoms with van der Waals surface area (Å²) < 4.78 is 11.1. The van der Waals surface area contributed by atoms with E-state index in [4.69, 9.17) is 15.2 Å². The molecule has 0 aliphatic heterocycles. The second-order valence-electron chi connectivity index (χ2n) is 4.68. The molecule has 2 aromatic carbocycles. The normalized spacial score (nSPS) is 10.2. The summed E-state index contributed by atoms with van der Waals surface area (Å²) in [7, 11) is 0. The van der Waals surface area contributed by atoms with Crippen LogP contribution >= 0.6 is 0 Å². The number of hydrogen-bond donors (Lipinski definition) is 2. The average molecular weight is 286 g/mol. The zero-order valence-corrected chi connectivity index (χ0v) is 12.6. The molecule has 0 aromatic heterocycles. The number of nitrogens with one attached hydrogen (secondary N) is 1. The smallest absolute Gasteiger partial charge is 0.144 e. The van der Waals surface area contributed by atoms with Gasteiger partial charge in [0.1, 0.15) is 11.5 Å². The van der Waals surface area contributed by atoms with Crippen LogP contribution in [-0.2, 0) is 0 Å². The minimum absolute atomic E-state index is 0.594. The summed E-state index contributed by atoms with van der Waals surface area (Å²) in [6.07, 6.45) is 1.01. The number of nitrogens with two attached hydrogens (primary N) is 1. The molecule has 0 saturated heterocycles. The molecule has 0 aliphatic rings. The van der Waals surface area contributed by atoms with Gasteiger partial charge in [-0.3, -0.25) is 0 Å². The van der Waals surface area contributed by atoms with Crippen LogP contribution in [0.1, 0.15) is 20.3 Å². The molecular weight excluding hydrogens is 264 g/mol. The Morgan fingerprint density at radius 3 is 2.33 bits per heavy atom. The van der Waals surface area contributed by atoms with Gasteiger partial charge in [0, 0.05) is 17.4 Å². The van der Waals surface area contributed by atoms with E-state index in [2.05, 4.69) is 12.2 Å². The monoisotopic (exact) mass is 286 g/mol. The minimum atomic E-state index is 0.594. The van der Waals surface area contributed by atoms with Crippen LogP contribution in [0.3, 0.4) is 0 Å². The third-order valence-corrected chi connectivity index (χ3v) is 2.93. The molecule has 0 heterocycles. The summed E-state index contributed by atoms with van der Waals surface area (Å²) in [5, 5.41) is 3.32. The van der Waals surface area contributed by atoms with Crippen molar-refractivity contribution in [1.82, 2.24) is 0 Å². The first-order valence-corrected chi connectivity index (χ1v) is 7.25. The Labute approximate surface area is 125 Å². The van der Waals surface area contributed by atoms with Crippen LogP contribution in [-0.4, -0.2) is 13.2 Å². The van der Waals surface area contributed by atoms with E-state index < -0.39 is 0 Å². The zero-order chi connectivity index (χ0) is 15.1.